The van der Waals surface area contributed by atoms with E-state index in [0.717, 1.165) is 5.56 Å². The van der Waals surface area contributed by atoms with Crippen molar-refractivity contribution in [1.82, 2.24) is 9.80 Å². The molecule has 1 fully saturated rings. The maximum atomic E-state index is 12.5. The molecule has 2 rings (SSSR count). The molecule has 154 valence electrons. The molecular formula is C20H28ClN3O4. The van der Waals surface area contributed by atoms with Crippen LogP contribution >= 0.6 is 11.6 Å². The number of hydrogen-bond acceptors (Lipinski definition) is 4. The molecule has 1 unspecified atom stereocenters. The van der Waals surface area contributed by atoms with Crippen molar-refractivity contribution in [3.8, 4) is 0 Å². The van der Waals surface area contributed by atoms with Crippen LogP contribution in [0.15, 0.2) is 24.3 Å². The summed E-state index contributed by atoms with van der Waals surface area (Å²) in [7, 11) is 0. The molecule has 1 aromatic rings. The Morgan fingerprint density at radius 2 is 1.61 bits per heavy atom. The summed E-state index contributed by atoms with van der Waals surface area (Å²) in [6, 6.07) is 7.09. The van der Waals surface area contributed by atoms with Crippen LogP contribution in [0.2, 0.25) is 0 Å². The molecule has 0 bridgehead atoms. The second-order valence-electron chi connectivity index (χ2n) is 7.82. The minimum atomic E-state index is -0.563. The van der Waals surface area contributed by atoms with Crippen LogP contribution in [0.1, 0.15) is 33.3 Å². The van der Waals surface area contributed by atoms with E-state index in [1.807, 2.05) is 0 Å². The lowest BCUT2D eigenvalue weighted by atomic mass is 10.1. The van der Waals surface area contributed by atoms with Crippen molar-refractivity contribution in [2.75, 3.05) is 31.5 Å². The molecule has 1 atom stereocenters. The summed E-state index contributed by atoms with van der Waals surface area (Å²) in [5, 5.41) is 2.12. The Labute approximate surface area is 171 Å². The number of alkyl halides is 1. The molecule has 1 N–H and O–H groups in total. The van der Waals surface area contributed by atoms with Crippen molar-refractivity contribution in [2.45, 2.75) is 45.1 Å². The molecule has 1 aliphatic rings. The van der Waals surface area contributed by atoms with E-state index in [0.29, 0.717) is 31.9 Å². The predicted molar refractivity (Wildman–Crippen MR) is 108 cm³/mol. The van der Waals surface area contributed by atoms with Gasteiger partial charge in [0, 0.05) is 31.9 Å². The molecule has 28 heavy (non-hydrogen) atoms. The Hall–Kier alpha value is -2.28. The molecule has 0 radical (unpaired) electrons. The number of nitrogens with zero attached hydrogens (tertiary/aromatic N) is 2. The van der Waals surface area contributed by atoms with Crippen molar-refractivity contribution in [1.29, 1.82) is 0 Å². The molecule has 0 spiro atoms. The van der Waals surface area contributed by atoms with Gasteiger partial charge in [-0.1, -0.05) is 12.1 Å². The average Bonchev–Trinajstić information content (AvgIpc) is 2.61. The summed E-state index contributed by atoms with van der Waals surface area (Å²) in [5.74, 6) is -0.0827. The first kappa shape index (κ1) is 22.0. The molecule has 0 aliphatic carbocycles. The summed E-state index contributed by atoms with van der Waals surface area (Å²) in [6.45, 7) is 9.07. The van der Waals surface area contributed by atoms with E-state index in [1.54, 1.807) is 61.8 Å². The van der Waals surface area contributed by atoms with E-state index in [1.165, 1.54) is 0 Å². The number of amides is 3. The third-order valence-electron chi connectivity index (χ3n) is 4.24. The number of benzene rings is 1. The predicted octanol–water partition coefficient (Wildman–Crippen LogP) is 2.87. The Morgan fingerprint density at radius 1 is 1.07 bits per heavy atom. The smallest absolute Gasteiger partial charge is 0.412 e. The van der Waals surface area contributed by atoms with Crippen LogP contribution in [-0.4, -0.2) is 64.9 Å². The molecule has 1 saturated heterocycles. The van der Waals surface area contributed by atoms with Gasteiger partial charge in [0.15, 0.2) is 0 Å². The lowest BCUT2D eigenvalue weighted by Crippen LogP contribution is -2.52. The third-order valence-corrected chi connectivity index (χ3v) is 4.43. The number of carbonyl (C=O) groups is 3. The molecule has 1 aromatic carbocycles. The summed E-state index contributed by atoms with van der Waals surface area (Å²) < 4.78 is 5.21. The van der Waals surface area contributed by atoms with E-state index < -0.39 is 17.1 Å². The van der Waals surface area contributed by atoms with Gasteiger partial charge >= 0.3 is 6.09 Å². The summed E-state index contributed by atoms with van der Waals surface area (Å²) in [4.78, 5) is 39.6. The number of rotatable bonds is 4. The largest absolute Gasteiger partial charge is 0.444 e. The fourth-order valence-corrected chi connectivity index (χ4v) is 2.98. The van der Waals surface area contributed by atoms with E-state index >= 15 is 0 Å². The van der Waals surface area contributed by atoms with Crippen LogP contribution in [0.4, 0.5) is 10.5 Å². The molecule has 0 aromatic heterocycles. The van der Waals surface area contributed by atoms with Gasteiger partial charge in [-0.25, -0.2) is 4.79 Å². The number of piperazine rings is 1. The standard InChI is InChI=1S/C20H28ClN3O4/c1-14(21)18(26)24-11-9-23(10-12-24)17(25)13-15-5-7-16(8-6-15)22-19(27)28-20(2,3)4/h5-8,14H,9-13H2,1-4H3,(H,22,27). The normalized spacial score (nSPS) is 15.8. The lowest BCUT2D eigenvalue weighted by molar-refractivity contribution is -0.138. The summed E-state index contributed by atoms with van der Waals surface area (Å²) in [6.07, 6.45) is -0.248. The molecule has 0 saturated carbocycles. The highest BCUT2D eigenvalue weighted by molar-refractivity contribution is 6.30. The van der Waals surface area contributed by atoms with Gasteiger partial charge in [-0.3, -0.25) is 14.9 Å². The highest BCUT2D eigenvalue weighted by atomic mass is 35.5. The first-order valence-corrected chi connectivity index (χ1v) is 9.78. The minimum absolute atomic E-state index is 0.0128. The SMILES string of the molecule is CC(Cl)C(=O)N1CCN(C(=O)Cc2ccc(NC(=O)OC(C)(C)C)cc2)CC1. The highest BCUT2D eigenvalue weighted by Crippen LogP contribution is 2.15. The Kier molecular flexibility index (Phi) is 7.29. The second kappa shape index (κ2) is 9.28. The van der Waals surface area contributed by atoms with Crippen molar-refractivity contribution >= 4 is 35.2 Å². The minimum Gasteiger partial charge on any atom is -0.444 e. The zero-order chi connectivity index (χ0) is 20.9. The molecule has 3 amide bonds. The Bertz CT molecular complexity index is 705. The van der Waals surface area contributed by atoms with Gasteiger partial charge in [-0.2, -0.15) is 0 Å². The lowest BCUT2D eigenvalue weighted by Gasteiger charge is -2.35. The van der Waals surface area contributed by atoms with Gasteiger partial charge in [0.25, 0.3) is 0 Å². The van der Waals surface area contributed by atoms with E-state index in [9.17, 15) is 14.4 Å². The summed E-state index contributed by atoms with van der Waals surface area (Å²) in [5.41, 5.74) is 0.896. The molecule has 8 heteroatoms. The Morgan fingerprint density at radius 3 is 2.11 bits per heavy atom. The van der Waals surface area contributed by atoms with Crippen molar-refractivity contribution < 1.29 is 19.1 Å². The molecule has 1 aliphatic heterocycles. The van der Waals surface area contributed by atoms with Crippen LogP contribution in [-0.2, 0) is 20.7 Å². The number of carbonyl (C=O) groups excluding carboxylic acids is 3. The third kappa shape index (κ3) is 6.71. The van der Waals surface area contributed by atoms with E-state index in [4.69, 9.17) is 16.3 Å². The Balaban J connectivity index is 1.83. The van der Waals surface area contributed by atoms with Crippen LogP contribution in [0.5, 0.6) is 0 Å². The number of halogens is 1. The van der Waals surface area contributed by atoms with Gasteiger partial charge in [0.05, 0.1) is 6.42 Å². The van der Waals surface area contributed by atoms with Gasteiger partial charge in [-0.05, 0) is 45.4 Å². The zero-order valence-electron chi connectivity index (χ0n) is 16.8. The van der Waals surface area contributed by atoms with E-state index in [-0.39, 0.29) is 18.2 Å². The topological polar surface area (TPSA) is 79.0 Å². The first-order valence-electron chi connectivity index (χ1n) is 9.35. The van der Waals surface area contributed by atoms with Crippen molar-refractivity contribution in [3.63, 3.8) is 0 Å². The monoisotopic (exact) mass is 409 g/mol. The van der Waals surface area contributed by atoms with Crippen LogP contribution < -0.4 is 5.32 Å². The van der Waals surface area contributed by atoms with Crippen LogP contribution in [0.3, 0.4) is 0 Å². The van der Waals surface area contributed by atoms with Gasteiger partial charge in [0.2, 0.25) is 11.8 Å². The molecular weight excluding hydrogens is 382 g/mol. The first-order chi connectivity index (χ1) is 13.0. The van der Waals surface area contributed by atoms with Gasteiger partial charge in [0.1, 0.15) is 11.0 Å². The van der Waals surface area contributed by atoms with Crippen LogP contribution in [0.25, 0.3) is 0 Å². The van der Waals surface area contributed by atoms with Crippen LogP contribution in [0, 0.1) is 0 Å². The number of nitrogens with one attached hydrogen (secondary N) is 1. The quantitative estimate of drug-likeness (QED) is 0.775. The van der Waals surface area contributed by atoms with Gasteiger partial charge in [-0.15, -0.1) is 11.6 Å². The highest BCUT2D eigenvalue weighted by Gasteiger charge is 2.26. The maximum Gasteiger partial charge on any atom is 0.412 e. The van der Waals surface area contributed by atoms with Gasteiger partial charge < -0.3 is 14.5 Å². The molecule has 1 heterocycles. The number of anilines is 1. The van der Waals surface area contributed by atoms with E-state index in [2.05, 4.69) is 5.32 Å². The zero-order valence-corrected chi connectivity index (χ0v) is 17.6. The van der Waals surface area contributed by atoms with Crippen molar-refractivity contribution in [3.05, 3.63) is 29.8 Å². The number of hydrogen-bond donors (Lipinski definition) is 1. The second-order valence-corrected chi connectivity index (χ2v) is 8.48. The molecule has 7 nitrogen and oxygen atoms in total. The summed E-state index contributed by atoms with van der Waals surface area (Å²) >= 11 is 5.84. The fraction of sp³-hybridized carbons (Fsp3) is 0.550. The number of ether oxygens (including phenoxy) is 1. The average molecular weight is 410 g/mol. The fourth-order valence-electron chi connectivity index (χ4n) is 2.84. The van der Waals surface area contributed by atoms with Crippen molar-refractivity contribution in [2.24, 2.45) is 0 Å². The maximum absolute atomic E-state index is 12.5.